The van der Waals surface area contributed by atoms with Crippen LogP contribution in [0.25, 0.3) is 11.1 Å². The number of carbonyl (C=O) groups excluding carboxylic acids is 3. The number of carboxylic acids is 1. The van der Waals surface area contributed by atoms with Gasteiger partial charge in [0.2, 0.25) is 0 Å². The highest BCUT2D eigenvalue weighted by atomic mass is 16.6. The summed E-state index contributed by atoms with van der Waals surface area (Å²) < 4.78 is 11.1. The molecule has 0 aliphatic heterocycles. The first kappa shape index (κ1) is 32.5. The molecule has 1 fully saturated rings. The molecule has 11 heteroatoms. The SMILES string of the molecule is CC(=NNC(=O)NCC1CCC(C(=O)O)CC1)[C@H](CC(=O)OC(C)(C)C)NC(=O)OCC1c2ccccc2-c2ccccc21. The molecule has 1 saturated carbocycles. The van der Waals surface area contributed by atoms with Crippen LogP contribution in [0.3, 0.4) is 0 Å². The normalized spacial score (nSPS) is 18.8. The van der Waals surface area contributed by atoms with E-state index < -0.39 is 35.7 Å². The van der Waals surface area contributed by atoms with Gasteiger partial charge in [-0.25, -0.2) is 15.0 Å². The number of alkyl carbamates (subject to hydrolysis) is 1. The van der Waals surface area contributed by atoms with Crippen molar-refractivity contribution in [3.63, 3.8) is 0 Å². The van der Waals surface area contributed by atoms with Crippen molar-refractivity contribution >= 4 is 29.8 Å². The molecule has 2 aromatic rings. The lowest BCUT2D eigenvalue weighted by molar-refractivity contribution is -0.155. The number of fused-ring (bicyclic) bond motifs is 3. The Morgan fingerprint density at radius 2 is 1.55 bits per heavy atom. The van der Waals surface area contributed by atoms with Crippen LogP contribution in [0.5, 0.6) is 0 Å². The van der Waals surface area contributed by atoms with Gasteiger partial charge in [-0.05, 0) is 81.5 Å². The molecule has 3 amide bonds. The minimum Gasteiger partial charge on any atom is -0.481 e. The van der Waals surface area contributed by atoms with Crippen molar-refractivity contribution in [1.29, 1.82) is 0 Å². The van der Waals surface area contributed by atoms with Gasteiger partial charge in [0.1, 0.15) is 12.2 Å². The van der Waals surface area contributed by atoms with Crippen molar-refractivity contribution in [1.82, 2.24) is 16.1 Å². The number of carboxylic acid groups (broad SMARTS) is 1. The second-order valence-corrected chi connectivity index (χ2v) is 12.4. The number of benzene rings is 2. The van der Waals surface area contributed by atoms with Crippen LogP contribution in [-0.2, 0) is 19.1 Å². The lowest BCUT2D eigenvalue weighted by Gasteiger charge is -2.26. The van der Waals surface area contributed by atoms with E-state index >= 15 is 0 Å². The first-order chi connectivity index (χ1) is 20.9. The maximum atomic E-state index is 13.0. The molecule has 44 heavy (non-hydrogen) atoms. The topological polar surface area (TPSA) is 155 Å². The molecule has 0 radical (unpaired) electrons. The predicted molar refractivity (Wildman–Crippen MR) is 165 cm³/mol. The summed E-state index contributed by atoms with van der Waals surface area (Å²) in [4.78, 5) is 49.3. The second-order valence-electron chi connectivity index (χ2n) is 12.4. The molecular weight excluding hydrogens is 564 g/mol. The van der Waals surface area contributed by atoms with Crippen molar-refractivity contribution in [2.24, 2.45) is 16.9 Å². The van der Waals surface area contributed by atoms with E-state index in [9.17, 15) is 19.2 Å². The molecule has 4 N–H and O–H groups in total. The maximum Gasteiger partial charge on any atom is 0.407 e. The summed E-state index contributed by atoms with van der Waals surface area (Å²) in [6.07, 6.45) is 1.69. The smallest absolute Gasteiger partial charge is 0.407 e. The van der Waals surface area contributed by atoms with E-state index in [1.54, 1.807) is 27.7 Å². The number of hydrazone groups is 1. The first-order valence-electron chi connectivity index (χ1n) is 15.1. The number of aliphatic carboxylic acids is 1. The number of ether oxygens (including phenoxy) is 2. The Labute approximate surface area is 257 Å². The van der Waals surface area contributed by atoms with Gasteiger partial charge in [0.25, 0.3) is 0 Å². The van der Waals surface area contributed by atoms with Crippen molar-refractivity contribution < 1.29 is 33.8 Å². The van der Waals surface area contributed by atoms with Crippen molar-refractivity contribution in [2.75, 3.05) is 13.2 Å². The van der Waals surface area contributed by atoms with Gasteiger partial charge in [0.05, 0.1) is 24.1 Å². The molecule has 0 unspecified atom stereocenters. The van der Waals surface area contributed by atoms with E-state index in [0.29, 0.717) is 19.4 Å². The number of rotatable bonds is 10. The van der Waals surface area contributed by atoms with E-state index in [-0.39, 0.29) is 36.5 Å². The van der Waals surface area contributed by atoms with Gasteiger partial charge in [0.15, 0.2) is 0 Å². The van der Waals surface area contributed by atoms with E-state index in [1.807, 2.05) is 36.4 Å². The average molecular weight is 607 g/mol. The summed E-state index contributed by atoms with van der Waals surface area (Å²) >= 11 is 0. The molecule has 2 aliphatic carbocycles. The molecule has 4 rings (SSSR count). The fourth-order valence-electron chi connectivity index (χ4n) is 5.74. The fraction of sp³-hybridized carbons (Fsp3) is 0.485. The molecule has 0 bridgehead atoms. The highest BCUT2D eigenvalue weighted by Gasteiger charge is 2.30. The van der Waals surface area contributed by atoms with Crippen molar-refractivity contribution in [2.45, 2.75) is 77.4 Å². The first-order valence-corrected chi connectivity index (χ1v) is 15.1. The Kier molecular flexibility index (Phi) is 10.6. The molecular formula is C33H42N4O7. The summed E-state index contributed by atoms with van der Waals surface area (Å²) in [5.74, 6) is -1.57. The molecule has 1 atom stereocenters. The number of hydrogen-bond acceptors (Lipinski definition) is 7. The molecule has 2 aromatic carbocycles. The summed E-state index contributed by atoms with van der Waals surface area (Å²) in [5.41, 5.74) is 6.36. The lowest BCUT2D eigenvalue weighted by Crippen LogP contribution is -2.44. The van der Waals surface area contributed by atoms with Crippen molar-refractivity contribution in [3.8, 4) is 11.1 Å². The van der Waals surface area contributed by atoms with Gasteiger partial charge in [-0.2, -0.15) is 5.10 Å². The molecule has 236 valence electrons. The molecule has 0 aromatic heterocycles. The summed E-state index contributed by atoms with van der Waals surface area (Å²) in [6, 6.07) is 14.6. The Balaban J connectivity index is 1.35. The van der Waals surface area contributed by atoms with Crippen LogP contribution in [-0.4, -0.2) is 59.7 Å². The number of hydrogen-bond donors (Lipinski definition) is 4. The molecule has 2 aliphatic rings. The number of amides is 3. The number of nitrogens with zero attached hydrogens (tertiary/aromatic N) is 1. The predicted octanol–water partition coefficient (Wildman–Crippen LogP) is 5.19. The van der Waals surface area contributed by atoms with Crippen LogP contribution in [0.4, 0.5) is 9.59 Å². The van der Waals surface area contributed by atoms with Gasteiger partial charge in [-0.1, -0.05) is 48.5 Å². The second kappa shape index (κ2) is 14.4. The van der Waals surface area contributed by atoms with Gasteiger partial charge in [0, 0.05) is 12.5 Å². The number of carbonyl (C=O) groups is 4. The summed E-state index contributed by atoms with van der Waals surface area (Å²) in [5, 5.41) is 18.8. The third-order valence-corrected chi connectivity index (χ3v) is 8.01. The van der Waals surface area contributed by atoms with Crippen LogP contribution >= 0.6 is 0 Å². The molecule has 0 saturated heterocycles. The van der Waals surface area contributed by atoms with Gasteiger partial charge >= 0.3 is 24.1 Å². The Morgan fingerprint density at radius 3 is 2.11 bits per heavy atom. The standard InChI is InChI=1S/C33H42N4O7/c1-20(36-37-31(41)34-18-21-13-15-22(16-14-21)30(39)40)28(17-29(38)44-33(2,3)4)35-32(42)43-19-27-25-11-7-5-9-23(25)24-10-6-8-12-26(24)27/h5-12,21-22,27-28H,13-19H2,1-4H3,(H,35,42)(H,39,40)(H2,34,37,41)/t21?,22?,28-/m0/s1. The van der Waals surface area contributed by atoms with E-state index in [0.717, 1.165) is 35.1 Å². The van der Waals surface area contributed by atoms with E-state index in [1.165, 1.54) is 0 Å². The fourth-order valence-corrected chi connectivity index (χ4v) is 5.74. The Bertz CT molecular complexity index is 1350. The largest absolute Gasteiger partial charge is 0.481 e. The van der Waals surface area contributed by atoms with Crippen LogP contribution in [0, 0.1) is 11.8 Å². The van der Waals surface area contributed by atoms with Crippen LogP contribution in [0.15, 0.2) is 53.6 Å². The van der Waals surface area contributed by atoms with Crippen LogP contribution in [0.2, 0.25) is 0 Å². The van der Waals surface area contributed by atoms with E-state index in [2.05, 4.69) is 33.3 Å². The summed E-state index contributed by atoms with van der Waals surface area (Å²) in [6.45, 7) is 7.34. The number of esters is 1. The Hall–Kier alpha value is -4.41. The van der Waals surface area contributed by atoms with Crippen LogP contribution in [0.1, 0.15) is 76.8 Å². The number of urea groups is 1. The van der Waals surface area contributed by atoms with Gasteiger partial charge in [-0.3, -0.25) is 9.59 Å². The van der Waals surface area contributed by atoms with E-state index in [4.69, 9.17) is 14.6 Å². The van der Waals surface area contributed by atoms with Crippen LogP contribution < -0.4 is 16.1 Å². The zero-order valence-corrected chi connectivity index (χ0v) is 25.7. The third-order valence-electron chi connectivity index (χ3n) is 8.01. The maximum absolute atomic E-state index is 13.0. The lowest BCUT2D eigenvalue weighted by atomic mass is 9.82. The average Bonchev–Trinajstić information content (AvgIpc) is 3.30. The third kappa shape index (κ3) is 8.81. The molecule has 11 nitrogen and oxygen atoms in total. The van der Waals surface area contributed by atoms with Gasteiger partial charge in [-0.15, -0.1) is 0 Å². The zero-order valence-electron chi connectivity index (χ0n) is 25.7. The highest BCUT2D eigenvalue weighted by Crippen LogP contribution is 2.44. The minimum absolute atomic E-state index is 0.101. The molecule has 0 spiro atoms. The quantitative estimate of drug-likeness (QED) is 0.165. The highest BCUT2D eigenvalue weighted by molar-refractivity contribution is 5.94. The minimum atomic E-state index is -0.896. The monoisotopic (exact) mass is 606 g/mol. The Morgan fingerprint density at radius 1 is 0.955 bits per heavy atom. The zero-order chi connectivity index (χ0) is 31.9. The number of nitrogens with one attached hydrogen (secondary N) is 3. The van der Waals surface area contributed by atoms with Gasteiger partial charge < -0.3 is 25.2 Å². The molecule has 0 heterocycles. The van der Waals surface area contributed by atoms with Crippen molar-refractivity contribution in [3.05, 3.63) is 59.7 Å². The summed E-state index contributed by atoms with van der Waals surface area (Å²) in [7, 11) is 0.